The summed E-state index contributed by atoms with van der Waals surface area (Å²) >= 11 is 1.42. The Morgan fingerprint density at radius 2 is 2.19 bits per heavy atom. The molecular formula is C20H24N2O3S. The van der Waals surface area contributed by atoms with Crippen LogP contribution in [0.2, 0.25) is 0 Å². The number of carbonyl (C=O) groups excluding carboxylic acids is 1. The lowest BCUT2D eigenvalue weighted by Gasteiger charge is -2.10. The number of amidine groups is 1. The second-order valence-electron chi connectivity index (χ2n) is 7.00. The first-order valence-corrected chi connectivity index (χ1v) is 10.2. The highest BCUT2D eigenvalue weighted by Crippen LogP contribution is 2.38. The maximum Gasteiger partial charge on any atom is 0.264 e. The second-order valence-corrected chi connectivity index (χ2v) is 8.03. The number of ether oxygens (including phenoxy) is 2. The summed E-state index contributed by atoms with van der Waals surface area (Å²) in [4.78, 5) is 17.7. The predicted octanol–water partition coefficient (Wildman–Crippen LogP) is 3.91. The van der Waals surface area contributed by atoms with Gasteiger partial charge in [-0.15, -0.1) is 0 Å². The van der Waals surface area contributed by atoms with E-state index in [2.05, 4.69) is 12.2 Å². The second kappa shape index (κ2) is 7.35. The first-order valence-electron chi connectivity index (χ1n) is 9.37. The molecule has 2 aliphatic heterocycles. The monoisotopic (exact) mass is 372 g/mol. The number of rotatable bonds is 4. The molecule has 1 saturated heterocycles. The SMILES string of the molecule is CCOc1cc2c(cc1C=C1SC(=NC3CCCC3)NC1=O)OC(C)C2. The van der Waals surface area contributed by atoms with Crippen LogP contribution in [0.4, 0.5) is 0 Å². The van der Waals surface area contributed by atoms with Crippen molar-refractivity contribution in [2.24, 2.45) is 4.99 Å². The van der Waals surface area contributed by atoms with E-state index in [1.807, 2.05) is 25.1 Å². The molecule has 1 N–H and O–H groups in total. The summed E-state index contributed by atoms with van der Waals surface area (Å²) in [6, 6.07) is 4.38. The first-order chi connectivity index (χ1) is 12.6. The minimum Gasteiger partial charge on any atom is -0.493 e. The van der Waals surface area contributed by atoms with Gasteiger partial charge in [-0.3, -0.25) is 9.79 Å². The number of hydrogen-bond donors (Lipinski definition) is 1. The van der Waals surface area contributed by atoms with Crippen LogP contribution in [0.5, 0.6) is 11.5 Å². The molecule has 1 aromatic carbocycles. The number of thioether (sulfide) groups is 1. The lowest BCUT2D eigenvalue weighted by Crippen LogP contribution is -2.21. The van der Waals surface area contributed by atoms with Gasteiger partial charge in [0.2, 0.25) is 0 Å². The quantitative estimate of drug-likeness (QED) is 0.814. The fourth-order valence-electron chi connectivity index (χ4n) is 3.68. The first kappa shape index (κ1) is 17.5. The van der Waals surface area contributed by atoms with Gasteiger partial charge in [-0.1, -0.05) is 12.8 Å². The zero-order valence-electron chi connectivity index (χ0n) is 15.2. The number of aliphatic imine (C=N–C) groups is 1. The predicted molar refractivity (Wildman–Crippen MR) is 105 cm³/mol. The lowest BCUT2D eigenvalue weighted by atomic mass is 10.1. The van der Waals surface area contributed by atoms with Gasteiger partial charge in [-0.2, -0.15) is 0 Å². The lowest BCUT2D eigenvalue weighted by molar-refractivity contribution is -0.115. The van der Waals surface area contributed by atoms with Gasteiger partial charge in [0.1, 0.15) is 17.6 Å². The van der Waals surface area contributed by atoms with Crippen molar-refractivity contribution >= 4 is 28.9 Å². The van der Waals surface area contributed by atoms with E-state index in [9.17, 15) is 4.79 Å². The van der Waals surface area contributed by atoms with E-state index in [0.717, 1.165) is 47.1 Å². The molecule has 1 unspecified atom stereocenters. The van der Waals surface area contributed by atoms with Crippen molar-refractivity contribution in [2.45, 2.75) is 58.1 Å². The smallest absolute Gasteiger partial charge is 0.264 e. The molecule has 1 saturated carbocycles. The number of nitrogens with zero attached hydrogens (tertiary/aromatic N) is 1. The molecule has 138 valence electrons. The van der Waals surface area contributed by atoms with Gasteiger partial charge in [0.25, 0.3) is 5.91 Å². The highest BCUT2D eigenvalue weighted by molar-refractivity contribution is 8.18. The van der Waals surface area contributed by atoms with E-state index in [1.165, 1.54) is 24.6 Å². The molecule has 6 heteroatoms. The molecule has 2 heterocycles. The Morgan fingerprint density at radius 3 is 2.96 bits per heavy atom. The van der Waals surface area contributed by atoms with E-state index in [4.69, 9.17) is 14.5 Å². The molecule has 4 rings (SSSR count). The van der Waals surface area contributed by atoms with Crippen LogP contribution in [0, 0.1) is 0 Å². The van der Waals surface area contributed by atoms with Crippen molar-refractivity contribution in [3.63, 3.8) is 0 Å². The van der Waals surface area contributed by atoms with Gasteiger partial charge >= 0.3 is 0 Å². The van der Waals surface area contributed by atoms with Crippen LogP contribution in [0.1, 0.15) is 50.7 Å². The fraction of sp³-hybridized carbons (Fsp3) is 0.500. The molecule has 0 bridgehead atoms. The zero-order chi connectivity index (χ0) is 18.1. The van der Waals surface area contributed by atoms with Gasteiger partial charge in [-0.05, 0) is 56.7 Å². The molecule has 1 aromatic rings. The third kappa shape index (κ3) is 3.61. The Balaban J connectivity index is 1.61. The highest BCUT2D eigenvalue weighted by Gasteiger charge is 2.27. The summed E-state index contributed by atoms with van der Waals surface area (Å²) < 4.78 is 11.7. The van der Waals surface area contributed by atoms with Crippen LogP contribution >= 0.6 is 11.8 Å². The summed E-state index contributed by atoms with van der Waals surface area (Å²) in [6.45, 7) is 4.61. The van der Waals surface area contributed by atoms with E-state index >= 15 is 0 Å². The van der Waals surface area contributed by atoms with Gasteiger partial charge in [0, 0.05) is 17.5 Å². The topological polar surface area (TPSA) is 59.9 Å². The van der Waals surface area contributed by atoms with E-state index in [0.29, 0.717) is 17.6 Å². The van der Waals surface area contributed by atoms with Crippen LogP contribution in [-0.2, 0) is 11.2 Å². The summed E-state index contributed by atoms with van der Waals surface area (Å²) in [7, 11) is 0. The number of fused-ring (bicyclic) bond motifs is 1. The minimum absolute atomic E-state index is 0.0935. The molecule has 2 fully saturated rings. The van der Waals surface area contributed by atoms with Crippen LogP contribution in [-0.4, -0.2) is 29.8 Å². The summed E-state index contributed by atoms with van der Waals surface area (Å²) in [5, 5.41) is 3.62. The van der Waals surface area contributed by atoms with E-state index in [1.54, 1.807) is 0 Å². The molecule has 1 aliphatic carbocycles. The van der Waals surface area contributed by atoms with Gasteiger partial charge in [-0.25, -0.2) is 0 Å². The number of nitrogens with one attached hydrogen (secondary N) is 1. The van der Waals surface area contributed by atoms with Crippen molar-refractivity contribution in [1.29, 1.82) is 0 Å². The summed E-state index contributed by atoms with van der Waals surface area (Å²) in [6.07, 6.45) is 7.65. The zero-order valence-corrected chi connectivity index (χ0v) is 16.0. The Bertz CT molecular complexity index is 782. The van der Waals surface area contributed by atoms with Gasteiger partial charge in [0.05, 0.1) is 17.6 Å². The molecular weight excluding hydrogens is 348 g/mol. The van der Waals surface area contributed by atoms with Crippen molar-refractivity contribution in [1.82, 2.24) is 5.32 Å². The number of carbonyl (C=O) groups is 1. The van der Waals surface area contributed by atoms with Crippen molar-refractivity contribution < 1.29 is 14.3 Å². The highest BCUT2D eigenvalue weighted by atomic mass is 32.2. The Labute approximate surface area is 158 Å². The van der Waals surface area contributed by atoms with Crippen molar-refractivity contribution in [3.8, 4) is 11.5 Å². The Morgan fingerprint density at radius 1 is 1.38 bits per heavy atom. The molecule has 0 aromatic heterocycles. The van der Waals surface area contributed by atoms with Gasteiger partial charge in [0.15, 0.2) is 5.17 Å². The number of benzene rings is 1. The molecule has 1 atom stereocenters. The van der Waals surface area contributed by atoms with Crippen LogP contribution in [0.15, 0.2) is 22.0 Å². The number of amides is 1. The van der Waals surface area contributed by atoms with Crippen molar-refractivity contribution in [2.75, 3.05) is 6.61 Å². The third-order valence-corrected chi connectivity index (χ3v) is 5.81. The maximum absolute atomic E-state index is 12.4. The van der Waals surface area contributed by atoms with Crippen LogP contribution in [0.3, 0.4) is 0 Å². The summed E-state index contributed by atoms with van der Waals surface area (Å²) in [5.41, 5.74) is 2.04. The van der Waals surface area contributed by atoms with E-state index in [-0.39, 0.29) is 12.0 Å². The van der Waals surface area contributed by atoms with E-state index < -0.39 is 0 Å². The molecule has 0 radical (unpaired) electrons. The maximum atomic E-state index is 12.4. The van der Waals surface area contributed by atoms with Crippen LogP contribution in [0.25, 0.3) is 6.08 Å². The average molecular weight is 372 g/mol. The summed E-state index contributed by atoms with van der Waals surface area (Å²) in [5.74, 6) is 1.59. The number of hydrogen-bond acceptors (Lipinski definition) is 5. The standard InChI is InChI=1S/C20H24N2O3S/c1-3-24-16-9-13-8-12(2)25-17(13)10-14(16)11-18-19(23)22-20(26-18)21-15-6-4-5-7-15/h9-12,15H,3-8H2,1-2H3,(H,21,22,23). The fourth-order valence-corrected chi connectivity index (χ4v) is 4.56. The third-order valence-electron chi connectivity index (χ3n) is 4.89. The van der Waals surface area contributed by atoms with Crippen LogP contribution < -0.4 is 14.8 Å². The van der Waals surface area contributed by atoms with Crippen molar-refractivity contribution in [3.05, 3.63) is 28.2 Å². The molecule has 3 aliphatic rings. The molecule has 0 spiro atoms. The normalized spacial score (nSPS) is 25.6. The molecule has 1 amide bonds. The average Bonchev–Trinajstić information content (AvgIpc) is 3.30. The minimum atomic E-state index is -0.0935. The van der Waals surface area contributed by atoms with Gasteiger partial charge < -0.3 is 14.8 Å². The largest absolute Gasteiger partial charge is 0.493 e. The Hall–Kier alpha value is -1.95. The molecule has 5 nitrogen and oxygen atoms in total. The molecule has 26 heavy (non-hydrogen) atoms. The Kier molecular flexibility index (Phi) is 4.94.